The summed E-state index contributed by atoms with van der Waals surface area (Å²) in [6, 6.07) is 7.11. The molecule has 1 aliphatic heterocycles. The highest BCUT2D eigenvalue weighted by Gasteiger charge is 2.26. The summed E-state index contributed by atoms with van der Waals surface area (Å²) in [5, 5.41) is 10.8. The lowest BCUT2D eigenvalue weighted by atomic mass is 10.1. The molecule has 0 aliphatic carbocycles. The van der Waals surface area contributed by atoms with Gasteiger partial charge in [-0.3, -0.25) is 15.0 Å². The molecule has 0 aromatic heterocycles. The maximum absolute atomic E-state index is 10.8. The van der Waals surface area contributed by atoms with Crippen molar-refractivity contribution in [2.24, 2.45) is 11.7 Å². The lowest BCUT2D eigenvalue weighted by molar-refractivity contribution is -0.384. The number of non-ortho nitro benzene ring substituents is 1. The van der Waals surface area contributed by atoms with Crippen molar-refractivity contribution in [2.45, 2.75) is 19.4 Å². The normalized spacial score (nSPS) is 22.0. The van der Waals surface area contributed by atoms with E-state index >= 15 is 0 Å². The van der Waals surface area contributed by atoms with Crippen molar-refractivity contribution in [3.63, 3.8) is 0 Å². The van der Waals surface area contributed by atoms with Crippen molar-refractivity contribution >= 4 is 5.69 Å². The van der Waals surface area contributed by atoms with Gasteiger partial charge in [0.1, 0.15) is 0 Å². The van der Waals surface area contributed by atoms with E-state index in [2.05, 4.69) is 11.8 Å². The van der Waals surface area contributed by atoms with Crippen molar-refractivity contribution in [2.75, 3.05) is 19.6 Å². The molecule has 1 aromatic rings. The fraction of sp³-hybridized carbons (Fsp3) is 0.538. The van der Waals surface area contributed by atoms with Crippen molar-refractivity contribution < 1.29 is 4.92 Å². The van der Waals surface area contributed by atoms with Gasteiger partial charge in [0.15, 0.2) is 0 Å². The van der Waals surface area contributed by atoms with Crippen LogP contribution >= 0.6 is 0 Å². The number of hydrogen-bond acceptors (Lipinski definition) is 4. The van der Waals surface area contributed by atoms with Crippen LogP contribution in [0.25, 0.3) is 0 Å². The molecule has 18 heavy (non-hydrogen) atoms. The van der Waals surface area contributed by atoms with Crippen molar-refractivity contribution in [3.05, 3.63) is 39.9 Å². The Morgan fingerprint density at radius 3 is 3.00 bits per heavy atom. The molecule has 2 atom stereocenters. The number of nitrogens with zero attached hydrogens (tertiary/aromatic N) is 2. The Morgan fingerprint density at radius 1 is 1.61 bits per heavy atom. The number of hydrogen-bond donors (Lipinski definition) is 1. The Bertz CT molecular complexity index is 436. The summed E-state index contributed by atoms with van der Waals surface area (Å²) in [5.41, 5.74) is 6.85. The summed E-state index contributed by atoms with van der Waals surface area (Å²) >= 11 is 0. The third-order valence-electron chi connectivity index (χ3n) is 3.76. The monoisotopic (exact) mass is 249 g/mol. The van der Waals surface area contributed by atoms with Crippen LogP contribution in [0.1, 0.15) is 24.9 Å². The van der Waals surface area contributed by atoms with Crippen LogP contribution in [0.15, 0.2) is 24.3 Å². The van der Waals surface area contributed by atoms with Crippen LogP contribution < -0.4 is 5.73 Å². The number of nitro benzene ring substituents is 1. The van der Waals surface area contributed by atoms with Gasteiger partial charge in [-0.2, -0.15) is 0 Å². The fourth-order valence-electron chi connectivity index (χ4n) is 2.52. The highest BCUT2D eigenvalue weighted by atomic mass is 16.6. The third kappa shape index (κ3) is 2.68. The van der Waals surface area contributed by atoms with Gasteiger partial charge in [0.05, 0.1) is 4.92 Å². The lowest BCUT2D eigenvalue weighted by Crippen LogP contribution is -2.26. The summed E-state index contributed by atoms with van der Waals surface area (Å²) in [6.45, 7) is 4.82. The van der Waals surface area contributed by atoms with E-state index in [1.807, 2.05) is 6.07 Å². The predicted molar refractivity (Wildman–Crippen MR) is 70.2 cm³/mol. The number of rotatable bonds is 4. The first-order chi connectivity index (χ1) is 8.61. The average molecular weight is 249 g/mol. The molecule has 2 unspecified atom stereocenters. The molecule has 5 heteroatoms. The maximum Gasteiger partial charge on any atom is 0.269 e. The zero-order chi connectivity index (χ0) is 13.1. The fourth-order valence-corrected chi connectivity index (χ4v) is 2.52. The van der Waals surface area contributed by atoms with Crippen molar-refractivity contribution in [1.29, 1.82) is 0 Å². The van der Waals surface area contributed by atoms with Crippen LogP contribution in [0.4, 0.5) is 5.69 Å². The number of nitro groups is 1. The highest BCUT2D eigenvalue weighted by Crippen LogP contribution is 2.28. The molecule has 0 amide bonds. The molecule has 1 saturated heterocycles. The Balaban J connectivity index is 2.11. The smallest absolute Gasteiger partial charge is 0.269 e. The van der Waals surface area contributed by atoms with Gasteiger partial charge in [-0.1, -0.05) is 12.1 Å². The molecule has 1 fully saturated rings. The molecule has 2 rings (SSSR count). The molecule has 1 heterocycles. The molecule has 0 radical (unpaired) electrons. The second-order valence-corrected chi connectivity index (χ2v) is 4.91. The Kier molecular flexibility index (Phi) is 3.93. The minimum Gasteiger partial charge on any atom is -0.330 e. The van der Waals surface area contributed by atoms with Crippen LogP contribution in [0.2, 0.25) is 0 Å². The van der Waals surface area contributed by atoms with Crippen molar-refractivity contribution in [1.82, 2.24) is 4.90 Å². The molecule has 2 N–H and O–H groups in total. The van der Waals surface area contributed by atoms with Gasteiger partial charge in [-0.05, 0) is 37.9 Å². The van der Waals surface area contributed by atoms with E-state index in [0.29, 0.717) is 5.92 Å². The van der Waals surface area contributed by atoms with E-state index in [1.54, 1.807) is 12.1 Å². The van der Waals surface area contributed by atoms with Gasteiger partial charge >= 0.3 is 0 Å². The molecule has 1 aliphatic rings. The molecule has 98 valence electrons. The van der Waals surface area contributed by atoms with Gasteiger partial charge in [0, 0.05) is 24.7 Å². The van der Waals surface area contributed by atoms with Crippen LogP contribution in [0.3, 0.4) is 0 Å². The van der Waals surface area contributed by atoms with E-state index in [1.165, 1.54) is 6.07 Å². The van der Waals surface area contributed by atoms with Crippen LogP contribution in [0, 0.1) is 16.0 Å². The first kappa shape index (κ1) is 13.0. The number of benzene rings is 1. The Labute approximate surface area is 107 Å². The van der Waals surface area contributed by atoms with E-state index in [4.69, 9.17) is 5.73 Å². The molecule has 0 saturated carbocycles. The molecule has 5 nitrogen and oxygen atoms in total. The van der Waals surface area contributed by atoms with Crippen molar-refractivity contribution in [3.8, 4) is 0 Å². The van der Waals surface area contributed by atoms with Gasteiger partial charge in [-0.25, -0.2) is 0 Å². The molecule has 0 bridgehead atoms. The largest absolute Gasteiger partial charge is 0.330 e. The van der Waals surface area contributed by atoms with Crippen LogP contribution in [-0.4, -0.2) is 29.5 Å². The minimum absolute atomic E-state index is 0.161. The minimum atomic E-state index is -0.344. The number of nitrogens with two attached hydrogens (primary N) is 1. The first-order valence-electron chi connectivity index (χ1n) is 6.30. The van der Waals surface area contributed by atoms with E-state index in [-0.39, 0.29) is 16.7 Å². The zero-order valence-electron chi connectivity index (χ0n) is 10.6. The first-order valence-corrected chi connectivity index (χ1v) is 6.30. The average Bonchev–Trinajstić information content (AvgIpc) is 2.86. The van der Waals surface area contributed by atoms with Gasteiger partial charge in [0.25, 0.3) is 5.69 Å². The molecule has 1 aromatic carbocycles. The van der Waals surface area contributed by atoms with Gasteiger partial charge in [0.2, 0.25) is 0 Å². The Morgan fingerprint density at radius 2 is 2.39 bits per heavy atom. The second kappa shape index (κ2) is 5.46. The SMILES string of the molecule is CC(c1cccc([N+](=O)[O-])c1)N1CCC(CN)C1. The number of likely N-dealkylation sites (tertiary alicyclic amines) is 1. The quantitative estimate of drug-likeness (QED) is 0.653. The molecular formula is C13H19N3O2. The summed E-state index contributed by atoms with van der Waals surface area (Å²) in [4.78, 5) is 12.8. The Hall–Kier alpha value is -1.46. The predicted octanol–water partition coefficient (Wildman–Crippen LogP) is 1.94. The zero-order valence-corrected chi connectivity index (χ0v) is 10.6. The topological polar surface area (TPSA) is 72.4 Å². The highest BCUT2D eigenvalue weighted by molar-refractivity contribution is 5.35. The molecule has 0 spiro atoms. The van der Waals surface area contributed by atoms with Gasteiger partial charge < -0.3 is 5.73 Å². The summed E-state index contributed by atoms with van der Waals surface area (Å²) in [5.74, 6) is 0.561. The van der Waals surface area contributed by atoms with Crippen LogP contribution in [-0.2, 0) is 0 Å². The summed E-state index contributed by atoms with van der Waals surface area (Å²) in [7, 11) is 0. The van der Waals surface area contributed by atoms with Gasteiger partial charge in [-0.15, -0.1) is 0 Å². The van der Waals surface area contributed by atoms with E-state index in [9.17, 15) is 10.1 Å². The van der Waals surface area contributed by atoms with Crippen LogP contribution in [0.5, 0.6) is 0 Å². The van der Waals surface area contributed by atoms with E-state index < -0.39 is 0 Å². The molecular weight excluding hydrogens is 230 g/mol. The summed E-state index contributed by atoms with van der Waals surface area (Å²) in [6.07, 6.45) is 1.12. The maximum atomic E-state index is 10.8. The standard InChI is InChI=1S/C13H19N3O2/c1-10(15-6-5-11(8-14)9-15)12-3-2-4-13(7-12)16(17)18/h2-4,7,10-11H,5-6,8-9,14H2,1H3. The second-order valence-electron chi connectivity index (χ2n) is 4.91. The lowest BCUT2D eigenvalue weighted by Gasteiger charge is -2.24. The third-order valence-corrected chi connectivity index (χ3v) is 3.76. The van der Waals surface area contributed by atoms with E-state index in [0.717, 1.165) is 31.6 Å². The summed E-state index contributed by atoms with van der Waals surface area (Å²) < 4.78 is 0.